The van der Waals surface area contributed by atoms with Gasteiger partial charge in [0.2, 0.25) is 5.91 Å². The summed E-state index contributed by atoms with van der Waals surface area (Å²) in [5.41, 5.74) is 5.20. The molecule has 0 aliphatic carbocycles. The van der Waals surface area contributed by atoms with Crippen LogP contribution in [0.4, 0.5) is 5.13 Å². The van der Waals surface area contributed by atoms with Gasteiger partial charge in [-0.2, -0.15) is 0 Å². The summed E-state index contributed by atoms with van der Waals surface area (Å²) in [5, 5.41) is 2.99. The molecular formula is C8H12ClN3O2S. The maximum atomic E-state index is 11.1. The van der Waals surface area contributed by atoms with Crippen molar-refractivity contribution >= 4 is 40.6 Å². The number of anilines is 1. The molecule has 0 radical (unpaired) electrons. The van der Waals surface area contributed by atoms with E-state index in [1.165, 1.54) is 13.1 Å². The fraction of sp³-hybridized carbons (Fsp3) is 0.375. The third-order valence-electron chi connectivity index (χ3n) is 1.47. The first-order valence-corrected chi connectivity index (χ1v) is 4.92. The highest BCUT2D eigenvalue weighted by Gasteiger charge is 2.07. The largest absolute Gasteiger partial charge is 0.330 e. The van der Waals surface area contributed by atoms with Crippen LogP contribution in [0.3, 0.4) is 0 Å². The average Bonchev–Trinajstić information content (AvgIpc) is 2.53. The van der Waals surface area contributed by atoms with Crippen LogP contribution in [0.15, 0.2) is 6.20 Å². The van der Waals surface area contributed by atoms with Crippen molar-refractivity contribution in [1.82, 2.24) is 4.98 Å². The summed E-state index contributed by atoms with van der Waals surface area (Å²) in [5.74, 6) is -0.237. The molecule has 0 atom stereocenters. The van der Waals surface area contributed by atoms with E-state index in [1.54, 1.807) is 0 Å². The molecule has 0 saturated heterocycles. The van der Waals surface area contributed by atoms with E-state index in [-0.39, 0.29) is 30.5 Å². The van der Waals surface area contributed by atoms with E-state index < -0.39 is 0 Å². The highest BCUT2D eigenvalue weighted by atomic mass is 35.5. The standard InChI is InChI=1S/C8H11N3O2S.ClH/c1-5(12)6-4-10-8(14-6)11-7(13)2-3-9;/h4H,2-3,9H2,1H3,(H,10,11,13);1H. The second-order valence-electron chi connectivity index (χ2n) is 2.67. The van der Waals surface area contributed by atoms with Gasteiger partial charge >= 0.3 is 0 Å². The number of aromatic nitrogens is 1. The Balaban J connectivity index is 0.00000196. The Hall–Kier alpha value is -0.980. The number of amides is 1. The van der Waals surface area contributed by atoms with Crippen molar-refractivity contribution in [3.8, 4) is 0 Å². The fourth-order valence-corrected chi connectivity index (χ4v) is 1.54. The van der Waals surface area contributed by atoms with E-state index in [2.05, 4.69) is 10.3 Å². The molecule has 0 saturated carbocycles. The smallest absolute Gasteiger partial charge is 0.227 e. The molecule has 1 aromatic heterocycles. The highest BCUT2D eigenvalue weighted by Crippen LogP contribution is 2.18. The normalized spacial score (nSPS) is 9.20. The molecule has 1 amide bonds. The van der Waals surface area contributed by atoms with E-state index in [1.807, 2.05) is 0 Å². The van der Waals surface area contributed by atoms with E-state index in [4.69, 9.17) is 5.73 Å². The summed E-state index contributed by atoms with van der Waals surface area (Å²) in [6.07, 6.45) is 1.71. The molecule has 0 unspecified atom stereocenters. The highest BCUT2D eigenvalue weighted by molar-refractivity contribution is 7.17. The van der Waals surface area contributed by atoms with Crippen LogP contribution in [0.1, 0.15) is 23.0 Å². The molecule has 1 aromatic rings. The Morgan fingerprint density at radius 2 is 2.27 bits per heavy atom. The fourth-order valence-electron chi connectivity index (χ4n) is 0.808. The quantitative estimate of drug-likeness (QED) is 0.782. The minimum Gasteiger partial charge on any atom is -0.330 e. The lowest BCUT2D eigenvalue weighted by Crippen LogP contribution is -2.15. The number of nitrogens with one attached hydrogen (secondary N) is 1. The van der Waals surface area contributed by atoms with Crippen LogP contribution in [-0.4, -0.2) is 23.2 Å². The number of carbonyl (C=O) groups excluding carboxylic acids is 2. The van der Waals surface area contributed by atoms with E-state index in [9.17, 15) is 9.59 Å². The number of hydrogen-bond acceptors (Lipinski definition) is 5. The third-order valence-corrected chi connectivity index (χ3v) is 2.48. The summed E-state index contributed by atoms with van der Waals surface area (Å²) in [4.78, 5) is 26.4. The maximum Gasteiger partial charge on any atom is 0.227 e. The molecule has 1 heterocycles. The molecule has 15 heavy (non-hydrogen) atoms. The van der Waals surface area contributed by atoms with Crippen LogP contribution in [0.25, 0.3) is 0 Å². The van der Waals surface area contributed by atoms with Crippen LogP contribution in [0, 0.1) is 0 Å². The lowest BCUT2D eigenvalue weighted by molar-refractivity contribution is -0.116. The minimum absolute atomic E-state index is 0. The monoisotopic (exact) mass is 249 g/mol. The molecule has 0 aromatic carbocycles. The number of carbonyl (C=O) groups is 2. The molecule has 7 heteroatoms. The Labute approximate surface area is 97.5 Å². The number of nitrogens with two attached hydrogens (primary N) is 1. The Bertz CT molecular complexity index is 353. The molecule has 0 aliphatic heterocycles. The summed E-state index contributed by atoms with van der Waals surface area (Å²) in [6.45, 7) is 1.76. The lowest BCUT2D eigenvalue weighted by Gasteiger charge is -1.97. The van der Waals surface area contributed by atoms with Gasteiger partial charge in [0, 0.05) is 19.9 Å². The van der Waals surface area contributed by atoms with Gasteiger partial charge in [0.1, 0.15) is 0 Å². The van der Waals surface area contributed by atoms with Gasteiger partial charge in [0.15, 0.2) is 10.9 Å². The third kappa shape index (κ3) is 4.37. The van der Waals surface area contributed by atoms with Crippen LogP contribution in [-0.2, 0) is 4.79 Å². The second kappa shape index (κ2) is 6.49. The summed E-state index contributed by atoms with van der Waals surface area (Å²) < 4.78 is 0. The van der Waals surface area contributed by atoms with Crippen molar-refractivity contribution in [2.24, 2.45) is 5.73 Å². The number of nitrogens with zero attached hydrogens (tertiary/aromatic N) is 1. The summed E-state index contributed by atoms with van der Waals surface area (Å²) in [6, 6.07) is 0. The zero-order chi connectivity index (χ0) is 10.6. The number of Topliss-reactive ketones (excluding diaryl/α,β-unsaturated/α-hetero) is 1. The topological polar surface area (TPSA) is 85.1 Å². The number of rotatable bonds is 4. The van der Waals surface area contributed by atoms with Crippen molar-refractivity contribution in [2.45, 2.75) is 13.3 Å². The number of thiazole rings is 1. The summed E-state index contributed by atoms with van der Waals surface area (Å²) in [7, 11) is 0. The van der Waals surface area contributed by atoms with Gasteiger partial charge in [-0.15, -0.1) is 12.4 Å². The molecule has 0 aliphatic rings. The molecule has 1 rings (SSSR count). The number of halogens is 1. The van der Waals surface area contributed by atoms with Crippen LogP contribution >= 0.6 is 23.7 Å². The van der Waals surface area contributed by atoms with E-state index in [0.717, 1.165) is 11.3 Å². The van der Waals surface area contributed by atoms with E-state index >= 15 is 0 Å². The first-order chi connectivity index (χ1) is 6.63. The van der Waals surface area contributed by atoms with Gasteiger partial charge in [-0.05, 0) is 0 Å². The minimum atomic E-state index is -0.183. The number of ketones is 1. The summed E-state index contributed by atoms with van der Waals surface area (Å²) >= 11 is 1.16. The zero-order valence-electron chi connectivity index (χ0n) is 8.15. The van der Waals surface area contributed by atoms with Crippen molar-refractivity contribution in [2.75, 3.05) is 11.9 Å². The Morgan fingerprint density at radius 1 is 1.60 bits per heavy atom. The van der Waals surface area contributed by atoms with Gasteiger partial charge < -0.3 is 11.1 Å². The number of hydrogen-bond donors (Lipinski definition) is 2. The molecule has 0 spiro atoms. The molecule has 84 valence electrons. The van der Waals surface area contributed by atoms with E-state index in [0.29, 0.717) is 16.6 Å². The van der Waals surface area contributed by atoms with Gasteiger partial charge in [-0.25, -0.2) is 4.98 Å². The van der Waals surface area contributed by atoms with Gasteiger partial charge in [0.05, 0.1) is 11.1 Å². The molecular weight excluding hydrogens is 238 g/mol. The predicted molar refractivity (Wildman–Crippen MR) is 61.7 cm³/mol. The van der Waals surface area contributed by atoms with Crippen LogP contribution in [0.5, 0.6) is 0 Å². The molecule has 0 bridgehead atoms. The Morgan fingerprint density at radius 3 is 2.73 bits per heavy atom. The first kappa shape index (κ1) is 14.0. The average molecular weight is 250 g/mol. The van der Waals surface area contributed by atoms with Gasteiger partial charge in [-0.1, -0.05) is 11.3 Å². The van der Waals surface area contributed by atoms with Crippen LogP contribution < -0.4 is 11.1 Å². The SMILES string of the molecule is CC(=O)c1cnc(NC(=O)CCN)s1.Cl. The van der Waals surface area contributed by atoms with Crippen molar-refractivity contribution in [3.05, 3.63) is 11.1 Å². The zero-order valence-corrected chi connectivity index (χ0v) is 9.78. The molecule has 3 N–H and O–H groups in total. The maximum absolute atomic E-state index is 11.1. The first-order valence-electron chi connectivity index (χ1n) is 4.10. The predicted octanol–water partition coefficient (Wildman–Crippen LogP) is 1.05. The Kier molecular flexibility index (Phi) is 6.07. The molecule has 5 nitrogen and oxygen atoms in total. The van der Waals surface area contributed by atoms with Gasteiger partial charge in [-0.3, -0.25) is 9.59 Å². The van der Waals surface area contributed by atoms with Gasteiger partial charge in [0.25, 0.3) is 0 Å². The lowest BCUT2D eigenvalue weighted by atomic mass is 10.4. The van der Waals surface area contributed by atoms with Crippen molar-refractivity contribution < 1.29 is 9.59 Å². The van der Waals surface area contributed by atoms with Crippen LogP contribution in [0.2, 0.25) is 0 Å². The molecule has 0 fully saturated rings. The van der Waals surface area contributed by atoms with Crippen molar-refractivity contribution in [3.63, 3.8) is 0 Å². The second-order valence-corrected chi connectivity index (χ2v) is 3.70. The van der Waals surface area contributed by atoms with Crippen molar-refractivity contribution in [1.29, 1.82) is 0 Å².